The van der Waals surface area contributed by atoms with Crippen LogP contribution in [0.15, 0.2) is 24.3 Å². The van der Waals surface area contributed by atoms with Gasteiger partial charge < -0.3 is 0 Å². The zero-order chi connectivity index (χ0) is 8.69. The Morgan fingerprint density at radius 2 is 1.73 bits per heavy atom. The number of carbonyl (C=O) groups is 2. The molecule has 60 valence electrons. The predicted octanol–water partition coefficient (Wildman–Crippen LogP) is 1.67. The molecule has 0 saturated heterocycles. The monoisotopic (exact) mass is 152 g/mol. The maximum absolute atomic E-state index is 10.7. The Morgan fingerprint density at radius 3 is 2.18 bits per heavy atom. The number of ketones is 2. The molecule has 0 aliphatic heterocycles. The van der Waals surface area contributed by atoms with E-state index in [1.54, 1.807) is 19.1 Å². The number of hydrogen-bond donors (Lipinski definition) is 0. The molecule has 0 unspecified atom stereocenters. The van der Waals surface area contributed by atoms with Gasteiger partial charge in [-0.15, -0.1) is 0 Å². The Morgan fingerprint density at radius 1 is 1.18 bits per heavy atom. The molecule has 2 nitrogen and oxygen atoms in total. The molecule has 0 radical (unpaired) electrons. The third-order valence-corrected chi connectivity index (χ3v) is 1.07. The lowest BCUT2D eigenvalue weighted by atomic mass is 10.3. The van der Waals surface area contributed by atoms with Gasteiger partial charge in [0, 0.05) is 6.42 Å². The Labute approximate surface area is 66.6 Å². The largest absolute Gasteiger partial charge is 0.295 e. The van der Waals surface area contributed by atoms with Crippen molar-refractivity contribution in [2.75, 3.05) is 0 Å². The summed E-state index contributed by atoms with van der Waals surface area (Å²) in [6.07, 6.45) is 6.52. The first-order chi connectivity index (χ1) is 5.16. The van der Waals surface area contributed by atoms with Crippen LogP contribution in [0.25, 0.3) is 0 Å². The van der Waals surface area contributed by atoms with Crippen LogP contribution in [0.5, 0.6) is 0 Å². The zero-order valence-corrected chi connectivity index (χ0v) is 6.83. The molecule has 0 aromatic heterocycles. The molecule has 0 spiro atoms. The Balaban J connectivity index is 3.77. The van der Waals surface area contributed by atoms with Crippen LogP contribution in [-0.4, -0.2) is 11.6 Å². The normalized spacial score (nSPS) is 11.1. The first-order valence-electron chi connectivity index (χ1n) is 3.55. The van der Waals surface area contributed by atoms with Gasteiger partial charge in [-0.2, -0.15) is 0 Å². The third kappa shape index (κ3) is 6.71. The number of allylic oxidation sites excluding steroid dienone is 4. The highest BCUT2D eigenvalue weighted by molar-refractivity contribution is 5.90. The van der Waals surface area contributed by atoms with E-state index in [9.17, 15) is 9.59 Å². The van der Waals surface area contributed by atoms with Gasteiger partial charge in [-0.25, -0.2) is 0 Å². The van der Waals surface area contributed by atoms with Crippen molar-refractivity contribution in [2.45, 2.75) is 20.3 Å². The smallest absolute Gasteiger partial charge is 0.155 e. The first kappa shape index (κ1) is 9.82. The molecule has 0 fully saturated rings. The molecule has 0 amide bonds. The summed E-state index contributed by atoms with van der Waals surface area (Å²) in [7, 11) is 0. The maximum atomic E-state index is 10.7. The summed E-state index contributed by atoms with van der Waals surface area (Å²) in [6, 6.07) is 0. The van der Waals surface area contributed by atoms with E-state index >= 15 is 0 Å². The molecule has 0 aromatic carbocycles. The van der Waals surface area contributed by atoms with Gasteiger partial charge in [0.2, 0.25) is 0 Å². The van der Waals surface area contributed by atoms with E-state index in [-0.39, 0.29) is 11.6 Å². The second kappa shape index (κ2) is 5.59. The molecule has 2 heteroatoms. The van der Waals surface area contributed by atoms with E-state index in [4.69, 9.17) is 0 Å². The SMILES string of the molecule is CCC(=O)/C=C/C=C\C(C)=O. The molecule has 11 heavy (non-hydrogen) atoms. The summed E-state index contributed by atoms with van der Waals surface area (Å²) < 4.78 is 0. The summed E-state index contributed by atoms with van der Waals surface area (Å²) in [6.45, 7) is 3.26. The van der Waals surface area contributed by atoms with Crippen molar-refractivity contribution in [1.82, 2.24) is 0 Å². The molecule has 0 aliphatic rings. The van der Waals surface area contributed by atoms with Gasteiger partial charge in [0.25, 0.3) is 0 Å². The molecule has 0 rings (SSSR count). The summed E-state index contributed by atoms with van der Waals surface area (Å²) >= 11 is 0. The fourth-order valence-corrected chi connectivity index (χ4v) is 0.472. The van der Waals surface area contributed by atoms with Crippen molar-refractivity contribution in [2.24, 2.45) is 0 Å². The zero-order valence-electron chi connectivity index (χ0n) is 6.83. The minimum absolute atomic E-state index is 0.0152. The summed E-state index contributed by atoms with van der Waals surface area (Å²) in [5.41, 5.74) is 0. The van der Waals surface area contributed by atoms with Crippen LogP contribution >= 0.6 is 0 Å². The van der Waals surface area contributed by atoms with Crippen molar-refractivity contribution < 1.29 is 9.59 Å². The van der Waals surface area contributed by atoms with Crippen LogP contribution in [0.2, 0.25) is 0 Å². The van der Waals surface area contributed by atoms with E-state index in [2.05, 4.69) is 0 Å². The van der Waals surface area contributed by atoms with Crippen LogP contribution in [0.3, 0.4) is 0 Å². The lowest BCUT2D eigenvalue weighted by Gasteiger charge is -1.80. The predicted molar refractivity (Wildman–Crippen MR) is 44.3 cm³/mol. The molecule has 0 atom stereocenters. The topological polar surface area (TPSA) is 34.1 Å². The second-order valence-electron chi connectivity index (χ2n) is 2.15. The van der Waals surface area contributed by atoms with Crippen LogP contribution in [-0.2, 0) is 9.59 Å². The van der Waals surface area contributed by atoms with Crippen molar-refractivity contribution in [3.05, 3.63) is 24.3 Å². The van der Waals surface area contributed by atoms with Crippen LogP contribution in [0.4, 0.5) is 0 Å². The number of rotatable bonds is 4. The molecule has 0 aliphatic carbocycles. The van der Waals surface area contributed by atoms with Gasteiger partial charge in [-0.1, -0.05) is 19.1 Å². The summed E-state index contributed by atoms with van der Waals surface area (Å²) in [5.74, 6) is 0.0526. The fourth-order valence-electron chi connectivity index (χ4n) is 0.472. The third-order valence-electron chi connectivity index (χ3n) is 1.07. The Bertz CT molecular complexity index is 200. The van der Waals surface area contributed by atoms with Gasteiger partial charge in [-0.3, -0.25) is 9.59 Å². The average Bonchev–Trinajstić information content (AvgIpc) is 1.97. The van der Waals surface area contributed by atoms with Gasteiger partial charge in [0.1, 0.15) is 0 Å². The lowest BCUT2D eigenvalue weighted by molar-refractivity contribution is -0.114. The van der Waals surface area contributed by atoms with E-state index in [0.29, 0.717) is 6.42 Å². The van der Waals surface area contributed by atoms with E-state index in [0.717, 1.165) is 0 Å². The highest BCUT2D eigenvalue weighted by Gasteiger charge is 1.85. The molecular weight excluding hydrogens is 140 g/mol. The van der Waals surface area contributed by atoms with Gasteiger partial charge >= 0.3 is 0 Å². The fraction of sp³-hybridized carbons (Fsp3) is 0.333. The molecular formula is C9H12O2. The second-order valence-corrected chi connectivity index (χ2v) is 2.15. The highest BCUT2D eigenvalue weighted by atomic mass is 16.1. The lowest BCUT2D eigenvalue weighted by Crippen LogP contribution is -1.86. The van der Waals surface area contributed by atoms with Crippen molar-refractivity contribution in [3.8, 4) is 0 Å². The Hall–Kier alpha value is -1.18. The Kier molecular flexibility index (Phi) is 4.99. The van der Waals surface area contributed by atoms with Crippen LogP contribution in [0, 0.1) is 0 Å². The minimum Gasteiger partial charge on any atom is -0.295 e. The van der Waals surface area contributed by atoms with E-state index in [1.165, 1.54) is 19.1 Å². The van der Waals surface area contributed by atoms with Gasteiger partial charge in [-0.05, 0) is 19.1 Å². The molecule has 0 saturated carbocycles. The van der Waals surface area contributed by atoms with Gasteiger partial charge in [0.15, 0.2) is 11.6 Å². The summed E-state index contributed by atoms with van der Waals surface area (Å²) in [4.78, 5) is 21.0. The first-order valence-corrected chi connectivity index (χ1v) is 3.55. The number of hydrogen-bond acceptors (Lipinski definition) is 2. The van der Waals surface area contributed by atoms with E-state index < -0.39 is 0 Å². The van der Waals surface area contributed by atoms with Crippen molar-refractivity contribution in [1.29, 1.82) is 0 Å². The van der Waals surface area contributed by atoms with Crippen LogP contribution in [0.1, 0.15) is 20.3 Å². The maximum Gasteiger partial charge on any atom is 0.155 e. The molecule has 0 bridgehead atoms. The minimum atomic E-state index is -0.0152. The number of carbonyl (C=O) groups excluding carboxylic acids is 2. The average molecular weight is 152 g/mol. The molecule has 0 aromatic rings. The van der Waals surface area contributed by atoms with Crippen molar-refractivity contribution in [3.63, 3.8) is 0 Å². The molecule has 0 heterocycles. The van der Waals surface area contributed by atoms with Gasteiger partial charge in [0.05, 0.1) is 0 Å². The van der Waals surface area contributed by atoms with Crippen molar-refractivity contribution >= 4 is 11.6 Å². The quantitative estimate of drug-likeness (QED) is 0.453. The molecule has 0 N–H and O–H groups in total. The standard InChI is InChI=1S/C9H12O2/c1-3-9(11)7-5-4-6-8(2)10/h4-7H,3H2,1-2H3/b6-4-,7-5+. The van der Waals surface area contributed by atoms with E-state index in [1.807, 2.05) is 0 Å². The summed E-state index contributed by atoms with van der Waals surface area (Å²) in [5, 5.41) is 0. The van der Waals surface area contributed by atoms with Crippen LogP contribution < -0.4 is 0 Å². The highest BCUT2D eigenvalue weighted by Crippen LogP contribution is 1.84.